The highest BCUT2D eigenvalue weighted by atomic mass is 16.5. The number of fused-ring (bicyclic) bond motifs is 3. The van der Waals surface area contributed by atoms with Gasteiger partial charge < -0.3 is 30.1 Å². The Balaban J connectivity index is 0.000000355. The number of carbonyl (C=O) groups is 3. The smallest absolute Gasteiger partial charge is 0.356 e. The zero-order chi connectivity index (χ0) is 42.2. The average Bonchev–Trinajstić information content (AvgIpc) is 3.28. The van der Waals surface area contributed by atoms with Crippen LogP contribution < -0.4 is 25.0 Å². The Labute approximate surface area is 346 Å². The molecule has 0 saturated carbocycles. The summed E-state index contributed by atoms with van der Waals surface area (Å²) in [6.07, 6.45) is 4.54. The van der Waals surface area contributed by atoms with Crippen molar-refractivity contribution in [3.05, 3.63) is 149 Å². The lowest BCUT2D eigenvalue weighted by Gasteiger charge is -2.29. The molecule has 8 rings (SSSR count). The van der Waals surface area contributed by atoms with Gasteiger partial charge in [0.1, 0.15) is 5.69 Å². The molecule has 0 aliphatic carbocycles. The van der Waals surface area contributed by atoms with E-state index in [0.29, 0.717) is 39.0 Å². The number of para-hydroxylation sites is 4. The van der Waals surface area contributed by atoms with Crippen molar-refractivity contribution < 1.29 is 29.0 Å². The summed E-state index contributed by atoms with van der Waals surface area (Å²) in [6.45, 7) is 2.76. The van der Waals surface area contributed by atoms with E-state index < -0.39 is 11.9 Å². The van der Waals surface area contributed by atoms with Crippen molar-refractivity contribution in [1.82, 2.24) is 24.8 Å². The van der Waals surface area contributed by atoms with E-state index in [9.17, 15) is 14.4 Å². The third kappa shape index (κ3) is 9.63. The molecule has 0 atom stereocenters. The molecular formula is C46H44N8O6. The van der Waals surface area contributed by atoms with Crippen molar-refractivity contribution in [3.63, 3.8) is 0 Å². The number of anilines is 3. The summed E-state index contributed by atoms with van der Waals surface area (Å²) in [5.41, 5.74) is 8.71. The van der Waals surface area contributed by atoms with Gasteiger partial charge in [0.15, 0.2) is 17.2 Å². The zero-order valence-corrected chi connectivity index (χ0v) is 33.7. The number of carboxylic acid groups (broad SMARTS) is 1. The number of hydrogen-bond donors (Lipinski definition) is 3. The summed E-state index contributed by atoms with van der Waals surface area (Å²) in [5, 5.41) is 14.5. The molecule has 1 aliphatic rings. The molecule has 0 fully saturated rings. The van der Waals surface area contributed by atoms with Crippen LogP contribution in [0.2, 0.25) is 0 Å². The van der Waals surface area contributed by atoms with Crippen molar-refractivity contribution in [2.24, 2.45) is 0 Å². The molecule has 2 aromatic heterocycles. The predicted octanol–water partition coefficient (Wildman–Crippen LogP) is 7.15. The maximum absolute atomic E-state index is 13.6. The van der Waals surface area contributed by atoms with E-state index in [2.05, 4.69) is 47.6 Å². The van der Waals surface area contributed by atoms with Crippen molar-refractivity contribution in [1.29, 1.82) is 0 Å². The largest absolute Gasteiger partial charge is 0.493 e. The molecule has 304 valence electrons. The van der Waals surface area contributed by atoms with Crippen LogP contribution in [0.15, 0.2) is 116 Å². The van der Waals surface area contributed by atoms with Gasteiger partial charge in [-0.25, -0.2) is 14.8 Å². The highest BCUT2D eigenvalue weighted by molar-refractivity contribution is 6.12. The number of ether oxygens (including phenoxy) is 2. The second-order valence-corrected chi connectivity index (χ2v) is 14.3. The molecule has 7 aromatic rings. The van der Waals surface area contributed by atoms with E-state index >= 15 is 0 Å². The number of hydrogen-bond acceptors (Lipinski definition) is 11. The molecule has 0 radical (unpaired) electrons. The third-order valence-electron chi connectivity index (χ3n) is 10.1. The standard InChI is InChI=1S/C37H38N6O4.C9H6N2O2/c1-42(2)28-13-14-30(41-37(45)33-22-38-31-7-5-6-8-32(31)40-33)29(21-28)36(44)39-27-11-9-24(10-12-27)15-17-43-18-16-25-19-34(46-3)35(47-4)20-26(25)23-43;12-9(13)8-5-10-6-3-1-2-4-7(6)11-8/h5-14,19-22H,15-18,23H2,1-4H3,(H,39,44)(H,41,45);1-5H,(H,12,13). The van der Waals surface area contributed by atoms with E-state index in [1.165, 1.54) is 29.1 Å². The Morgan fingerprint density at radius 3 is 1.93 bits per heavy atom. The van der Waals surface area contributed by atoms with Crippen molar-refractivity contribution in [3.8, 4) is 11.5 Å². The molecule has 3 N–H and O–H groups in total. The Bertz CT molecular complexity index is 2690. The summed E-state index contributed by atoms with van der Waals surface area (Å²) >= 11 is 0. The second kappa shape index (κ2) is 18.4. The molecular weight excluding hydrogens is 761 g/mol. The topological polar surface area (TPSA) is 172 Å². The first-order valence-corrected chi connectivity index (χ1v) is 19.2. The lowest BCUT2D eigenvalue weighted by atomic mass is 9.98. The van der Waals surface area contributed by atoms with Gasteiger partial charge in [-0.05, 0) is 96.3 Å². The van der Waals surface area contributed by atoms with Gasteiger partial charge in [0, 0.05) is 45.1 Å². The lowest BCUT2D eigenvalue weighted by molar-refractivity contribution is 0.0690. The first-order valence-electron chi connectivity index (χ1n) is 19.2. The van der Waals surface area contributed by atoms with Gasteiger partial charge in [-0.2, -0.15) is 0 Å². The monoisotopic (exact) mass is 804 g/mol. The minimum Gasteiger partial charge on any atom is -0.493 e. The fourth-order valence-corrected chi connectivity index (χ4v) is 6.79. The van der Waals surface area contributed by atoms with Gasteiger partial charge in [-0.15, -0.1) is 0 Å². The van der Waals surface area contributed by atoms with E-state index in [1.54, 1.807) is 50.6 Å². The number of rotatable bonds is 11. The summed E-state index contributed by atoms with van der Waals surface area (Å²) in [4.78, 5) is 58.3. The van der Waals surface area contributed by atoms with Crippen LogP contribution in [0, 0.1) is 0 Å². The lowest BCUT2D eigenvalue weighted by Crippen LogP contribution is -2.32. The molecule has 14 nitrogen and oxygen atoms in total. The molecule has 3 heterocycles. The fraction of sp³-hybridized carbons (Fsp3) is 0.196. The summed E-state index contributed by atoms with van der Waals surface area (Å²) < 4.78 is 11.0. The van der Waals surface area contributed by atoms with Gasteiger partial charge in [0.2, 0.25) is 0 Å². The number of carboxylic acids is 1. The van der Waals surface area contributed by atoms with Gasteiger partial charge in [-0.3, -0.25) is 24.5 Å². The molecule has 0 bridgehead atoms. The van der Waals surface area contributed by atoms with Gasteiger partial charge in [0.05, 0.1) is 59.9 Å². The molecule has 14 heteroatoms. The maximum atomic E-state index is 13.6. The Hall–Kier alpha value is -7.45. The van der Waals surface area contributed by atoms with Crippen molar-refractivity contribution >= 4 is 56.9 Å². The first-order chi connectivity index (χ1) is 29.1. The highest BCUT2D eigenvalue weighted by Gasteiger charge is 2.20. The summed E-state index contributed by atoms with van der Waals surface area (Å²) in [5.74, 6) is -0.309. The van der Waals surface area contributed by atoms with Crippen LogP contribution in [-0.2, 0) is 19.4 Å². The van der Waals surface area contributed by atoms with Crippen LogP contribution in [0.4, 0.5) is 17.1 Å². The Morgan fingerprint density at radius 2 is 1.32 bits per heavy atom. The van der Waals surface area contributed by atoms with Crippen LogP contribution >= 0.6 is 0 Å². The number of methoxy groups -OCH3 is 2. The summed E-state index contributed by atoms with van der Waals surface area (Å²) in [6, 6.07) is 31.9. The van der Waals surface area contributed by atoms with Crippen LogP contribution in [0.3, 0.4) is 0 Å². The first kappa shape index (κ1) is 40.7. The van der Waals surface area contributed by atoms with Crippen molar-refractivity contribution in [2.75, 3.05) is 56.9 Å². The van der Waals surface area contributed by atoms with Gasteiger partial charge in [-0.1, -0.05) is 36.4 Å². The van der Waals surface area contributed by atoms with E-state index in [4.69, 9.17) is 14.6 Å². The molecule has 1 aliphatic heterocycles. The normalized spacial score (nSPS) is 12.1. The van der Waals surface area contributed by atoms with E-state index in [0.717, 1.165) is 49.7 Å². The number of carbonyl (C=O) groups excluding carboxylic acids is 2. The number of benzene rings is 5. The predicted molar refractivity (Wildman–Crippen MR) is 231 cm³/mol. The molecule has 0 saturated heterocycles. The van der Waals surface area contributed by atoms with Crippen LogP contribution in [0.1, 0.15) is 48.0 Å². The molecule has 0 spiro atoms. The van der Waals surface area contributed by atoms with E-state index in [-0.39, 0.29) is 17.3 Å². The Kier molecular flexibility index (Phi) is 12.5. The molecule has 2 amide bonds. The SMILES string of the molecule is COc1cc2c(cc1OC)CN(CCc1ccc(NC(=O)c3cc(N(C)C)ccc3NC(=O)c3cnc4ccccc4n3)cc1)CC2.O=C(O)c1cnc2ccccc2n1. The van der Waals surface area contributed by atoms with E-state index in [1.807, 2.05) is 73.6 Å². The summed E-state index contributed by atoms with van der Waals surface area (Å²) in [7, 11) is 7.13. The number of amides is 2. The highest BCUT2D eigenvalue weighted by Crippen LogP contribution is 2.33. The minimum absolute atomic E-state index is 0.0290. The molecule has 0 unspecified atom stereocenters. The van der Waals surface area contributed by atoms with Crippen molar-refractivity contribution in [2.45, 2.75) is 19.4 Å². The number of aromatic carboxylic acids is 1. The maximum Gasteiger partial charge on any atom is 0.356 e. The number of nitrogens with one attached hydrogen (secondary N) is 2. The van der Waals surface area contributed by atoms with Crippen LogP contribution in [-0.4, -0.2) is 89.1 Å². The quantitative estimate of drug-likeness (QED) is 0.121. The second-order valence-electron chi connectivity index (χ2n) is 14.3. The number of nitrogens with zero attached hydrogens (tertiary/aromatic N) is 6. The third-order valence-corrected chi connectivity index (χ3v) is 10.1. The van der Waals surface area contributed by atoms with Gasteiger partial charge in [0.25, 0.3) is 11.8 Å². The Morgan fingerprint density at radius 1 is 0.717 bits per heavy atom. The zero-order valence-electron chi connectivity index (χ0n) is 33.7. The fourth-order valence-electron chi connectivity index (χ4n) is 6.79. The molecule has 60 heavy (non-hydrogen) atoms. The number of aromatic nitrogens is 4. The minimum atomic E-state index is -1.06. The average molecular weight is 805 g/mol. The van der Waals surface area contributed by atoms with Crippen LogP contribution in [0.5, 0.6) is 11.5 Å². The molecule has 5 aromatic carbocycles. The van der Waals surface area contributed by atoms with Crippen LogP contribution in [0.25, 0.3) is 22.1 Å². The van der Waals surface area contributed by atoms with Gasteiger partial charge >= 0.3 is 5.97 Å².